The predicted molar refractivity (Wildman–Crippen MR) is 113 cm³/mol. The maximum atomic E-state index is 12.7. The standard InChI is InChI=1S/C24H23N3O2/c28-22-8-7-18-10-16(13-25-24(18)26-22)6-9-23(29)27-14-20-11-19(12-21(20)15-27)17-4-2-1-3-5-17/h1-6,9-11,13,20-21H,7-8,12,14-15H2,(H,25,26,28)/b9-6+/t20-,21+/m1/s1. The number of amides is 2. The predicted octanol–water partition coefficient (Wildman–Crippen LogP) is 3.54. The van der Waals surface area contributed by atoms with E-state index in [-0.39, 0.29) is 11.8 Å². The summed E-state index contributed by atoms with van der Waals surface area (Å²) in [7, 11) is 0. The van der Waals surface area contributed by atoms with E-state index in [9.17, 15) is 9.59 Å². The van der Waals surface area contributed by atoms with Crippen molar-refractivity contribution in [2.45, 2.75) is 19.3 Å². The monoisotopic (exact) mass is 385 g/mol. The molecule has 0 radical (unpaired) electrons. The zero-order valence-corrected chi connectivity index (χ0v) is 16.2. The minimum absolute atomic E-state index is 0.00697. The van der Waals surface area contributed by atoms with E-state index in [1.165, 1.54) is 11.1 Å². The van der Waals surface area contributed by atoms with E-state index in [0.29, 0.717) is 30.5 Å². The molecule has 0 saturated carbocycles. The first kappa shape index (κ1) is 17.9. The number of hydrogen-bond donors (Lipinski definition) is 1. The van der Waals surface area contributed by atoms with Crippen LogP contribution in [-0.4, -0.2) is 34.8 Å². The third kappa shape index (κ3) is 3.60. The van der Waals surface area contributed by atoms with E-state index in [1.54, 1.807) is 12.3 Å². The molecule has 29 heavy (non-hydrogen) atoms. The molecule has 5 rings (SSSR count). The van der Waals surface area contributed by atoms with Crippen LogP contribution in [0.3, 0.4) is 0 Å². The quantitative estimate of drug-likeness (QED) is 0.822. The molecule has 0 unspecified atom stereocenters. The van der Waals surface area contributed by atoms with E-state index in [4.69, 9.17) is 0 Å². The van der Waals surface area contributed by atoms with E-state index in [0.717, 1.165) is 30.6 Å². The third-order valence-corrected chi connectivity index (χ3v) is 6.13. The normalized spacial score (nSPS) is 23.0. The van der Waals surface area contributed by atoms with Gasteiger partial charge < -0.3 is 10.2 Å². The molecule has 5 heteroatoms. The minimum Gasteiger partial charge on any atom is -0.338 e. The van der Waals surface area contributed by atoms with Crippen molar-refractivity contribution in [3.63, 3.8) is 0 Å². The summed E-state index contributed by atoms with van der Waals surface area (Å²) in [5.41, 5.74) is 4.62. The highest BCUT2D eigenvalue weighted by Gasteiger charge is 2.37. The molecule has 3 heterocycles. The Hall–Kier alpha value is -3.21. The summed E-state index contributed by atoms with van der Waals surface area (Å²) in [6, 6.07) is 12.5. The number of likely N-dealkylation sites (tertiary alicyclic amines) is 1. The van der Waals surface area contributed by atoms with Gasteiger partial charge in [0, 0.05) is 31.8 Å². The number of hydrogen-bond acceptors (Lipinski definition) is 3. The summed E-state index contributed by atoms with van der Waals surface area (Å²) in [4.78, 5) is 30.4. The largest absolute Gasteiger partial charge is 0.338 e. The molecule has 2 aliphatic heterocycles. The number of fused-ring (bicyclic) bond motifs is 2. The van der Waals surface area contributed by atoms with Gasteiger partial charge in [0.2, 0.25) is 11.8 Å². The molecular formula is C24H23N3O2. The van der Waals surface area contributed by atoms with Crippen LogP contribution in [0.25, 0.3) is 11.6 Å². The summed E-state index contributed by atoms with van der Waals surface area (Å²) < 4.78 is 0. The number of rotatable bonds is 3. The Morgan fingerprint density at radius 1 is 1.17 bits per heavy atom. The number of aromatic nitrogens is 1. The van der Waals surface area contributed by atoms with Crippen molar-refractivity contribution in [1.82, 2.24) is 9.88 Å². The average molecular weight is 385 g/mol. The van der Waals surface area contributed by atoms with Crippen molar-refractivity contribution in [3.8, 4) is 0 Å². The molecule has 2 amide bonds. The molecule has 1 aromatic carbocycles. The summed E-state index contributed by atoms with van der Waals surface area (Å²) >= 11 is 0. The van der Waals surface area contributed by atoms with Gasteiger partial charge in [-0.2, -0.15) is 0 Å². The van der Waals surface area contributed by atoms with Gasteiger partial charge in [0.05, 0.1) is 0 Å². The Morgan fingerprint density at radius 2 is 2.03 bits per heavy atom. The van der Waals surface area contributed by atoms with E-state index >= 15 is 0 Å². The Kier molecular flexibility index (Phi) is 4.51. The van der Waals surface area contributed by atoms with Crippen LogP contribution < -0.4 is 5.32 Å². The maximum Gasteiger partial charge on any atom is 0.246 e. The van der Waals surface area contributed by atoms with Crippen molar-refractivity contribution >= 4 is 29.3 Å². The number of allylic oxidation sites excluding steroid dienone is 1. The molecule has 0 spiro atoms. The van der Waals surface area contributed by atoms with Crippen LogP contribution in [0.15, 0.2) is 54.7 Å². The van der Waals surface area contributed by atoms with Crippen LogP contribution in [0.1, 0.15) is 29.5 Å². The molecule has 1 fully saturated rings. The van der Waals surface area contributed by atoms with Gasteiger partial charge in [0.1, 0.15) is 5.82 Å². The van der Waals surface area contributed by atoms with Crippen molar-refractivity contribution in [3.05, 3.63) is 71.4 Å². The Labute approximate surface area is 170 Å². The van der Waals surface area contributed by atoms with Crippen LogP contribution in [0.4, 0.5) is 5.82 Å². The Bertz CT molecular complexity index is 1030. The zero-order chi connectivity index (χ0) is 19.8. The number of benzene rings is 1. The van der Waals surface area contributed by atoms with Crippen LogP contribution >= 0.6 is 0 Å². The van der Waals surface area contributed by atoms with Gasteiger partial charge in [-0.05, 0) is 59.1 Å². The maximum absolute atomic E-state index is 12.7. The molecule has 5 nitrogen and oxygen atoms in total. The topological polar surface area (TPSA) is 62.3 Å². The van der Waals surface area contributed by atoms with Crippen LogP contribution in [-0.2, 0) is 16.0 Å². The first-order valence-electron chi connectivity index (χ1n) is 10.2. The minimum atomic E-state index is 0.00697. The molecular weight excluding hydrogens is 362 g/mol. The lowest BCUT2D eigenvalue weighted by atomic mass is 9.98. The van der Waals surface area contributed by atoms with Crippen molar-refractivity contribution in [1.29, 1.82) is 0 Å². The lowest BCUT2D eigenvalue weighted by molar-refractivity contribution is -0.125. The van der Waals surface area contributed by atoms with E-state index in [1.807, 2.05) is 23.1 Å². The number of nitrogens with zero attached hydrogens (tertiary/aromatic N) is 2. The smallest absolute Gasteiger partial charge is 0.246 e. The van der Waals surface area contributed by atoms with Gasteiger partial charge in [-0.25, -0.2) is 4.98 Å². The number of anilines is 1. The van der Waals surface area contributed by atoms with Crippen LogP contribution in [0.2, 0.25) is 0 Å². The second kappa shape index (κ2) is 7.32. The number of aryl methyl sites for hydroxylation is 1. The first-order chi connectivity index (χ1) is 14.2. The van der Waals surface area contributed by atoms with Crippen molar-refractivity contribution in [2.24, 2.45) is 11.8 Å². The molecule has 2 aromatic rings. The zero-order valence-electron chi connectivity index (χ0n) is 16.2. The van der Waals surface area contributed by atoms with Gasteiger partial charge in [-0.1, -0.05) is 36.4 Å². The van der Waals surface area contributed by atoms with Gasteiger partial charge >= 0.3 is 0 Å². The highest BCUT2D eigenvalue weighted by molar-refractivity contribution is 5.94. The Morgan fingerprint density at radius 3 is 2.86 bits per heavy atom. The molecule has 1 N–H and O–H groups in total. The lowest BCUT2D eigenvalue weighted by Gasteiger charge is -2.16. The number of nitrogens with one attached hydrogen (secondary N) is 1. The summed E-state index contributed by atoms with van der Waals surface area (Å²) in [6.07, 6.45) is 9.74. The van der Waals surface area contributed by atoms with Crippen LogP contribution in [0.5, 0.6) is 0 Å². The van der Waals surface area contributed by atoms with Gasteiger partial charge in [-0.15, -0.1) is 0 Å². The highest BCUT2D eigenvalue weighted by Crippen LogP contribution is 2.40. The summed E-state index contributed by atoms with van der Waals surface area (Å²) in [6.45, 7) is 1.60. The van der Waals surface area contributed by atoms with Gasteiger partial charge in [0.25, 0.3) is 0 Å². The molecule has 0 bridgehead atoms. The fourth-order valence-corrected chi connectivity index (χ4v) is 4.60. The number of carbonyl (C=O) groups is 2. The molecule has 1 aliphatic carbocycles. The van der Waals surface area contributed by atoms with Crippen molar-refractivity contribution in [2.75, 3.05) is 18.4 Å². The average Bonchev–Trinajstić information content (AvgIpc) is 3.32. The fraction of sp³-hybridized carbons (Fsp3) is 0.292. The molecule has 1 saturated heterocycles. The second-order valence-electron chi connectivity index (χ2n) is 8.09. The molecule has 2 atom stereocenters. The Balaban J connectivity index is 1.23. The summed E-state index contributed by atoms with van der Waals surface area (Å²) in [5.74, 6) is 1.68. The van der Waals surface area contributed by atoms with Gasteiger partial charge in [0.15, 0.2) is 0 Å². The number of pyridine rings is 1. The number of carbonyl (C=O) groups excluding carboxylic acids is 2. The third-order valence-electron chi connectivity index (χ3n) is 6.13. The first-order valence-corrected chi connectivity index (χ1v) is 10.2. The summed E-state index contributed by atoms with van der Waals surface area (Å²) in [5, 5.41) is 2.78. The fourth-order valence-electron chi connectivity index (χ4n) is 4.60. The van der Waals surface area contributed by atoms with E-state index < -0.39 is 0 Å². The SMILES string of the molecule is O=C1CCc2cc(/C=C/C(=O)N3C[C@@H]4CC(c5ccccc5)=C[C@@H]4C3)cnc2N1. The highest BCUT2D eigenvalue weighted by atomic mass is 16.2. The second-order valence-corrected chi connectivity index (χ2v) is 8.09. The van der Waals surface area contributed by atoms with E-state index in [2.05, 4.69) is 40.6 Å². The molecule has 1 aromatic heterocycles. The molecule has 3 aliphatic rings. The van der Waals surface area contributed by atoms with Crippen molar-refractivity contribution < 1.29 is 9.59 Å². The van der Waals surface area contributed by atoms with Crippen LogP contribution in [0, 0.1) is 11.8 Å². The van der Waals surface area contributed by atoms with Gasteiger partial charge in [-0.3, -0.25) is 9.59 Å². The lowest BCUT2D eigenvalue weighted by Crippen LogP contribution is -2.27. The molecule has 146 valence electrons.